The molecule has 1 aromatic carbocycles. The molecule has 0 aliphatic carbocycles. The molecule has 1 amide bonds. The Kier molecular flexibility index (Phi) is 3.76. The van der Waals surface area contributed by atoms with Gasteiger partial charge in [-0.15, -0.1) is 11.3 Å². The van der Waals surface area contributed by atoms with Crippen LogP contribution < -0.4 is 5.32 Å². The maximum atomic E-state index is 12.1. The molecule has 1 aromatic heterocycles. The molecule has 1 heterocycles. The van der Waals surface area contributed by atoms with Gasteiger partial charge in [-0.25, -0.2) is 4.98 Å². The van der Waals surface area contributed by atoms with Gasteiger partial charge in [-0.05, 0) is 32.9 Å². The zero-order valence-corrected chi connectivity index (χ0v) is 11.8. The van der Waals surface area contributed by atoms with E-state index in [-0.39, 0.29) is 11.7 Å². The fourth-order valence-electron chi connectivity index (χ4n) is 1.82. The monoisotopic (exact) mass is 274 g/mol. The number of hydrogen-bond acceptors (Lipinski definition) is 4. The standard InChI is InChI=1S/C14H14N2O2S/c1-8(17)11-6-4-5-7-12(11)16-14(18)13-9(2)19-10(3)15-13/h4-7H,1-3H3,(H,16,18). The maximum absolute atomic E-state index is 12.1. The van der Waals surface area contributed by atoms with Gasteiger partial charge in [0.2, 0.25) is 0 Å². The second-order valence-electron chi connectivity index (χ2n) is 4.19. The van der Waals surface area contributed by atoms with Crippen molar-refractivity contribution in [2.24, 2.45) is 0 Å². The van der Waals surface area contributed by atoms with Gasteiger partial charge >= 0.3 is 0 Å². The lowest BCUT2D eigenvalue weighted by Crippen LogP contribution is -2.15. The molecule has 0 radical (unpaired) electrons. The van der Waals surface area contributed by atoms with Crippen molar-refractivity contribution in [1.82, 2.24) is 4.98 Å². The SMILES string of the molecule is CC(=O)c1ccccc1NC(=O)c1nc(C)sc1C. The summed E-state index contributed by atoms with van der Waals surface area (Å²) in [6, 6.07) is 6.95. The minimum absolute atomic E-state index is 0.0814. The number of Topliss-reactive ketones (excluding diaryl/α,β-unsaturated/α-hetero) is 1. The Balaban J connectivity index is 2.29. The molecule has 19 heavy (non-hydrogen) atoms. The summed E-state index contributed by atoms with van der Waals surface area (Å²) >= 11 is 1.48. The molecule has 0 saturated carbocycles. The molecule has 0 atom stereocenters. The van der Waals surface area contributed by atoms with E-state index in [0.29, 0.717) is 16.9 Å². The smallest absolute Gasteiger partial charge is 0.275 e. The van der Waals surface area contributed by atoms with E-state index in [0.717, 1.165) is 9.88 Å². The highest BCUT2D eigenvalue weighted by Crippen LogP contribution is 2.20. The number of rotatable bonds is 3. The predicted molar refractivity (Wildman–Crippen MR) is 76.0 cm³/mol. The molecule has 0 aliphatic heterocycles. The number of nitrogens with one attached hydrogen (secondary N) is 1. The number of hydrogen-bond donors (Lipinski definition) is 1. The van der Waals surface area contributed by atoms with Crippen LogP contribution in [0.4, 0.5) is 5.69 Å². The van der Waals surface area contributed by atoms with Crippen molar-refractivity contribution >= 4 is 28.7 Å². The van der Waals surface area contributed by atoms with Crippen LogP contribution in [0.25, 0.3) is 0 Å². The number of aryl methyl sites for hydroxylation is 2. The van der Waals surface area contributed by atoms with Crippen molar-refractivity contribution in [2.75, 3.05) is 5.32 Å². The Morgan fingerprint density at radius 2 is 1.89 bits per heavy atom. The lowest BCUT2D eigenvalue weighted by atomic mass is 10.1. The Bertz CT molecular complexity index is 647. The largest absolute Gasteiger partial charge is 0.320 e. The molecule has 4 nitrogen and oxygen atoms in total. The lowest BCUT2D eigenvalue weighted by Gasteiger charge is -2.08. The quantitative estimate of drug-likeness (QED) is 0.874. The average molecular weight is 274 g/mol. The van der Waals surface area contributed by atoms with Crippen LogP contribution in [0.2, 0.25) is 0 Å². The summed E-state index contributed by atoms with van der Waals surface area (Å²) in [6.07, 6.45) is 0. The van der Waals surface area contributed by atoms with Crippen molar-refractivity contribution in [3.63, 3.8) is 0 Å². The fraction of sp³-hybridized carbons (Fsp3) is 0.214. The molecule has 0 unspecified atom stereocenters. The molecule has 0 aliphatic rings. The highest BCUT2D eigenvalue weighted by molar-refractivity contribution is 7.11. The normalized spacial score (nSPS) is 10.3. The topological polar surface area (TPSA) is 59.1 Å². The van der Waals surface area contributed by atoms with E-state index in [1.54, 1.807) is 24.3 Å². The number of carbonyl (C=O) groups is 2. The third kappa shape index (κ3) is 2.88. The van der Waals surface area contributed by atoms with Gasteiger partial charge in [-0.3, -0.25) is 9.59 Å². The van der Waals surface area contributed by atoms with Crippen molar-refractivity contribution in [3.05, 3.63) is 45.4 Å². The highest BCUT2D eigenvalue weighted by Gasteiger charge is 2.16. The van der Waals surface area contributed by atoms with Crippen LogP contribution in [0.3, 0.4) is 0 Å². The van der Waals surface area contributed by atoms with Gasteiger partial charge in [0.05, 0.1) is 10.7 Å². The molecular formula is C14H14N2O2S. The van der Waals surface area contributed by atoms with Gasteiger partial charge in [0.25, 0.3) is 5.91 Å². The third-order valence-electron chi connectivity index (χ3n) is 2.67. The number of amides is 1. The Morgan fingerprint density at radius 1 is 1.21 bits per heavy atom. The summed E-state index contributed by atoms with van der Waals surface area (Å²) in [4.78, 5) is 28.7. The van der Waals surface area contributed by atoms with E-state index in [1.807, 2.05) is 13.8 Å². The number of nitrogens with zero attached hydrogens (tertiary/aromatic N) is 1. The average Bonchev–Trinajstić information content (AvgIpc) is 2.69. The lowest BCUT2D eigenvalue weighted by molar-refractivity contribution is 0.101. The van der Waals surface area contributed by atoms with Crippen molar-refractivity contribution in [3.8, 4) is 0 Å². The first-order valence-corrected chi connectivity index (χ1v) is 6.66. The summed E-state index contributed by atoms with van der Waals surface area (Å²) in [6.45, 7) is 5.19. The first kappa shape index (κ1) is 13.4. The molecular weight excluding hydrogens is 260 g/mol. The Morgan fingerprint density at radius 3 is 2.47 bits per heavy atom. The van der Waals surface area contributed by atoms with E-state index < -0.39 is 0 Å². The minimum atomic E-state index is -0.282. The molecule has 0 fully saturated rings. The number of benzene rings is 1. The van der Waals surface area contributed by atoms with Crippen molar-refractivity contribution in [1.29, 1.82) is 0 Å². The molecule has 2 rings (SSSR count). The van der Waals surface area contributed by atoms with Gasteiger partial charge in [0, 0.05) is 10.4 Å². The molecule has 98 valence electrons. The second kappa shape index (κ2) is 5.32. The number of anilines is 1. The molecule has 0 bridgehead atoms. The van der Waals surface area contributed by atoms with Crippen LogP contribution in [0, 0.1) is 13.8 Å². The van der Waals surface area contributed by atoms with E-state index in [2.05, 4.69) is 10.3 Å². The van der Waals surface area contributed by atoms with Crippen LogP contribution >= 0.6 is 11.3 Å². The van der Waals surface area contributed by atoms with Crippen LogP contribution in [0.5, 0.6) is 0 Å². The highest BCUT2D eigenvalue weighted by atomic mass is 32.1. The zero-order chi connectivity index (χ0) is 14.0. The molecule has 1 N–H and O–H groups in total. The van der Waals surface area contributed by atoms with Gasteiger partial charge in [0.15, 0.2) is 5.78 Å². The third-order valence-corrected chi connectivity index (χ3v) is 3.56. The maximum Gasteiger partial charge on any atom is 0.275 e. The van der Waals surface area contributed by atoms with Crippen molar-refractivity contribution in [2.45, 2.75) is 20.8 Å². The summed E-state index contributed by atoms with van der Waals surface area (Å²) in [7, 11) is 0. The van der Waals surface area contributed by atoms with Crippen LogP contribution in [-0.4, -0.2) is 16.7 Å². The number of ketones is 1. The molecule has 5 heteroatoms. The Hall–Kier alpha value is -2.01. The van der Waals surface area contributed by atoms with E-state index in [4.69, 9.17) is 0 Å². The first-order valence-electron chi connectivity index (χ1n) is 5.84. The van der Waals surface area contributed by atoms with E-state index in [1.165, 1.54) is 18.3 Å². The predicted octanol–water partition coefficient (Wildman–Crippen LogP) is 3.21. The number of aromatic nitrogens is 1. The van der Waals surface area contributed by atoms with Crippen LogP contribution in [0.15, 0.2) is 24.3 Å². The summed E-state index contributed by atoms with van der Waals surface area (Å²) in [5, 5.41) is 3.60. The van der Waals surface area contributed by atoms with Crippen LogP contribution in [0.1, 0.15) is 37.7 Å². The number of thiazole rings is 1. The molecule has 2 aromatic rings. The minimum Gasteiger partial charge on any atom is -0.320 e. The van der Waals surface area contributed by atoms with Gasteiger partial charge in [-0.1, -0.05) is 12.1 Å². The van der Waals surface area contributed by atoms with Gasteiger partial charge in [-0.2, -0.15) is 0 Å². The van der Waals surface area contributed by atoms with Crippen molar-refractivity contribution < 1.29 is 9.59 Å². The van der Waals surface area contributed by atoms with Gasteiger partial charge < -0.3 is 5.32 Å². The second-order valence-corrected chi connectivity index (χ2v) is 5.60. The summed E-state index contributed by atoms with van der Waals surface area (Å²) in [5.74, 6) is -0.363. The zero-order valence-electron chi connectivity index (χ0n) is 11.0. The molecule has 0 saturated heterocycles. The summed E-state index contributed by atoms with van der Waals surface area (Å²) < 4.78 is 0. The van der Waals surface area contributed by atoms with E-state index >= 15 is 0 Å². The Labute approximate surface area is 115 Å². The van der Waals surface area contributed by atoms with Gasteiger partial charge in [0.1, 0.15) is 5.69 Å². The van der Waals surface area contributed by atoms with E-state index in [9.17, 15) is 9.59 Å². The first-order chi connectivity index (χ1) is 8.99. The summed E-state index contributed by atoms with van der Waals surface area (Å²) in [5.41, 5.74) is 1.44. The fourth-order valence-corrected chi connectivity index (χ4v) is 2.64. The number of para-hydroxylation sites is 1. The molecule has 0 spiro atoms. The van der Waals surface area contributed by atoms with Crippen LogP contribution in [-0.2, 0) is 0 Å². The number of carbonyl (C=O) groups excluding carboxylic acids is 2.